The van der Waals surface area contributed by atoms with Crippen molar-refractivity contribution >= 4 is 23.9 Å². The summed E-state index contributed by atoms with van der Waals surface area (Å²) in [5, 5.41) is 43.2. The summed E-state index contributed by atoms with van der Waals surface area (Å²) in [6.45, 7) is -3.26. The maximum absolute atomic E-state index is 11.1. The van der Waals surface area contributed by atoms with Gasteiger partial charge < -0.3 is 58.1 Å². The maximum atomic E-state index is 11.1. The Bertz CT molecular complexity index is 413. The molecule has 0 heterocycles. The molecule has 0 bridgehead atoms. The molecular weight excluding hydrogens is 360 g/mol. The first kappa shape index (κ1) is 29.3. The smallest absolute Gasteiger partial charge is 0.141 e. The SMILES string of the molecule is N.N.N.O=C([O-])C[N+](CC(=O)[O-])(CC(=O)[O-])C1(C(=O)[O-])CC1.[Fe]. The second-order valence-electron chi connectivity index (χ2n) is 4.55. The molecule has 23 heavy (non-hydrogen) atoms. The molecule has 1 saturated carbocycles. The molecule has 0 aromatic rings. The van der Waals surface area contributed by atoms with Crippen LogP contribution in [0.2, 0.25) is 0 Å². The third kappa shape index (κ3) is 6.09. The van der Waals surface area contributed by atoms with E-state index in [0.29, 0.717) is 0 Å². The number of carboxylic acid groups (broad SMARTS) is 4. The summed E-state index contributed by atoms with van der Waals surface area (Å²) in [5.74, 6) is -7.00. The molecule has 1 fully saturated rings. The van der Waals surface area contributed by atoms with Crippen LogP contribution in [-0.4, -0.2) is 53.5 Å². The number of carboxylic acids is 4. The molecule has 1 rings (SSSR count). The minimum atomic E-state index is -1.86. The van der Waals surface area contributed by atoms with Crippen molar-refractivity contribution in [2.45, 2.75) is 18.4 Å². The van der Waals surface area contributed by atoms with Crippen LogP contribution < -0.4 is 38.9 Å². The van der Waals surface area contributed by atoms with Crippen LogP contribution in [0.1, 0.15) is 12.8 Å². The molecule has 138 valence electrons. The largest absolute Gasteiger partial charge is 0.544 e. The molecule has 0 unspecified atom stereocenters. The first-order chi connectivity index (χ1) is 8.65. The van der Waals surface area contributed by atoms with E-state index in [9.17, 15) is 39.6 Å². The number of carbonyl (C=O) groups excluding carboxylic acids is 4. The van der Waals surface area contributed by atoms with E-state index in [-0.39, 0.29) is 48.4 Å². The van der Waals surface area contributed by atoms with Gasteiger partial charge in [-0.2, -0.15) is 0 Å². The number of rotatable bonds is 8. The van der Waals surface area contributed by atoms with E-state index in [1.807, 2.05) is 0 Å². The third-order valence-corrected chi connectivity index (χ3v) is 3.31. The molecule has 9 N–H and O–H groups in total. The molecule has 13 heteroatoms. The van der Waals surface area contributed by atoms with Crippen LogP contribution in [0.25, 0.3) is 0 Å². The van der Waals surface area contributed by atoms with Crippen LogP contribution in [0.15, 0.2) is 0 Å². The number of nitrogens with zero attached hydrogens (tertiary/aromatic N) is 1. The van der Waals surface area contributed by atoms with E-state index < -0.39 is 53.5 Å². The van der Waals surface area contributed by atoms with Gasteiger partial charge in [0.2, 0.25) is 0 Å². The van der Waals surface area contributed by atoms with Gasteiger partial charge in [0.15, 0.2) is 0 Å². The van der Waals surface area contributed by atoms with Crippen LogP contribution in [0.4, 0.5) is 0 Å². The van der Waals surface area contributed by atoms with Gasteiger partial charge in [-0.3, -0.25) is 4.48 Å². The Morgan fingerprint density at radius 1 is 0.739 bits per heavy atom. The molecule has 0 radical (unpaired) electrons. The third-order valence-electron chi connectivity index (χ3n) is 3.31. The number of hydrogen-bond acceptors (Lipinski definition) is 11. The first-order valence-corrected chi connectivity index (χ1v) is 5.32. The molecule has 1 aliphatic rings. The molecule has 0 saturated heterocycles. The van der Waals surface area contributed by atoms with Crippen LogP contribution in [0.3, 0.4) is 0 Å². The molecule has 0 aliphatic heterocycles. The van der Waals surface area contributed by atoms with Crippen molar-refractivity contribution in [1.29, 1.82) is 0 Å². The van der Waals surface area contributed by atoms with Crippen molar-refractivity contribution in [3.05, 3.63) is 0 Å². The summed E-state index contributed by atoms with van der Waals surface area (Å²) in [5.41, 5.74) is -1.86. The fraction of sp³-hybridized carbons (Fsp3) is 0.600. The summed E-state index contributed by atoms with van der Waals surface area (Å²) in [7, 11) is 0. The van der Waals surface area contributed by atoms with Crippen LogP contribution in [-0.2, 0) is 36.2 Å². The second kappa shape index (κ2) is 10.1. The number of aliphatic carboxylic acids is 4. The second-order valence-corrected chi connectivity index (χ2v) is 4.55. The molecular formula is C10H19FeN4O8-3. The van der Waals surface area contributed by atoms with E-state index in [0.717, 1.165) is 0 Å². The van der Waals surface area contributed by atoms with Gasteiger partial charge in [0.05, 0.1) is 17.9 Å². The van der Waals surface area contributed by atoms with E-state index in [1.54, 1.807) is 0 Å². The van der Waals surface area contributed by atoms with Gasteiger partial charge in [0, 0.05) is 29.9 Å². The Balaban J connectivity index is -0.000000451. The molecule has 0 atom stereocenters. The van der Waals surface area contributed by atoms with E-state index in [2.05, 4.69) is 0 Å². The Morgan fingerprint density at radius 2 is 1.00 bits per heavy atom. The molecule has 0 spiro atoms. The van der Waals surface area contributed by atoms with Gasteiger partial charge in [0.1, 0.15) is 31.1 Å². The Kier molecular flexibility index (Phi) is 12.9. The molecule has 12 nitrogen and oxygen atoms in total. The normalized spacial score (nSPS) is 13.7. The van der Waals surface area contributed by atoms with Crippen LogP contribution in [0.5, 0.6) is 0 Å². The van der Waals surface area contributed by atoms with E-state index >= 15 is 0 Å². The van der Waals surface area contributed by atoms with Crippen LogP contribution >= 0.6 is 0 Å². The first-order valence-electron chi connectivity index (χ1n) is 5.32. The number of hydrogen-bond donors (Lipinski definition) is 3. The summed E-state index contributed by atoms with van der Waals surface area (Å²) >= 11 is 0. The van der Waals surface area contributed by atoms with Crippen molar-refractivity contribution in [3.63, 3.8) is 0 Å². The number of quaternary nitrogens is 1. The fourth-order valence-corrected chi connectivity index (χ4v) is 2.35. The standard InChI is InChI=1S/C10H13NO8.Fe.3H3N/c12-6(13)3-11(4-7(14)15,5-8(16)17)10(1-2-10)9(18)19;;;;/h1-5H2,(H3-,12,13,14,15,16,17,18,19);;3*1H3/p-3. The molecule has 1 aliphatic carbocycles. The maximum Gasteiger partial charge on any atom is 0.141 e. The minimum absolute atomic E-state index is 0. The Labute approximate surface area is 142 Å². The molecule has 0 aromatic carbocycles. The zero-order chi connectivity index (χ0) is 14.8. The summed E-state index contributed by atoms with van der Waals surface area (Å²) in [6.07, 6.45) is -0.160. The van der Waals surface area contributed by atoms with Gasteiger partial charge in [-0.15, -0.1) is 0 Å². The van der Waals surface area contributed by atoms with Gasteiger partial charge in [-0.05, 0) is 0 Å². The van der Waals surface area contributed by atoms with Crippen molar-refractivity contribution in [2.75, 3.05) is 19.6 Å². The molecule has 0 aromatic heterocycles. The van der Waals surface area contributed by atoms with Crippen LogP contribution in [0, 0.1) is 0 Å². The number of carbonyl (C=O) groups is 4. The van der Waals surface area contributed by atoms with Crippen molar-refractivity contribution in [2.24, 2.45) is 0 Å². The predicted octanol–water partition coefficient (Wildman–Crippen LogP) is -6.18. The Hall–Kier alpha value is -1.76. The van der Waals surface area contributed by atoms with Crippen molar-refractivity contribution in [1.82, 2.24) is 18.5 Å². The summed E-state index contributed by atoms with van der Waals surface area (Å²) < 4.78 is -1.26. The zero-order valence-electron chi connectivity index (χ0n) is 12.2. The average molecular weight is 379 g/mol. The van der Waals surface area contributed by atoms with Gasteiger partial charge in [0.25, 0.3) is 0 Å². The summed E-state index contributed by atoms with van der Waals surface area (Å²) in [4.78, 5) is 43.2. The van der Waals surface area contributed by atoms with E-state index in [4.69, 9.17) is 0 Å². The van der Waals surface area contributed by atoms with E-state index in [1.165, 1.54) is 0 Å². The average Bonchev–Trinajstić information content (AvgIpc) is 2.93. The molecule has 0 amide bonds. The Morgan fingerprint density at radius 3 is 1.13 bits per heavy atom. The van der Waals surface area contributed by atoms with Gasteiger partial charge in [-0.1, -0.05) is 0 Å². The van der Waals surface area contributed by atoms with Gasteiger partial charge in [-0.25, -0.2) is 0 Å². The van der Waals surface area contributed by atoms with Crippen molar-refractivity contribution in [3.8, 4) is 0 Å². The summed E-state index contributed by atoms with van der Waals surface area (Å²) in [6, 6.07) is 0. The quantitative estimate of drug-likeness (QED) is 0.263. The topological polar surface area (TPSA) is 266 Å². The predicted molar refractivity (Wildman–Crippen MR) is 61.9 cm³/mol. The van der Waals surface area contributed by atoms with Gasteiger partial charge >= 0.3 is 0 Å². The fourth-order valence-electron chi connectivity index (χ4n) is 2.35. The minimum Gasteiger partial charge on any atom is -0.544 e. The monoisotopic (exact) mass is 379 g/mol. The zero-order valence-corrected chi connectivity index (χ0v) is 13.3. The van der Waals surface area contributed by atoms with Crippen molar-refractivity contribution < 1.29 is 61.2 Å².